The van der Waals surface area contributed by atoms with E-state index in [2.05, 4.69) is 15.7 Å². The molecule has 2 amide bonds. The molecule has 9 heteroatoms. The average Bonchev–Trinajstić information content (AvgIpc) is 3.37. The molecule has 33 heavy (non-hydrogen) atoms. The molecule has 1 aromatic heterocycles. The first kappa shape index (κ1) is 23.2. The standard InChI is InChI=1S/C24H25ClN4O3S/c1-24(2,32-18-10-8-17(25)9-11-18)23(31)27-22-19-14-33-15-20(19)28-29(22)13-21(30)26-12-16-6-4-3-5-7-16/h3-11H,12-15H2,1-2H3,(H,26,30)(H,27,31). The van der Waals surface area contributed by atoms with E-state index in [-0.39, 0.29) is 18.4 Å². The van der Waals surface area contributed by atoms with Gasteiger partial charge in [0.05, 0.1) is 5.69 Å². The van der Waals surface area contributed by atoms with Gasteiger partial charge in [-0.25, -0.2) is 4.68 Å². The summed E-state index contributed by atoms with van der Waals surface area (Å²) in [5.74, 6) is 2.05. The lowest BCUT2D eigenvalue weighted by atomic mass is 10.1. The molecular formula is C24H25ClN4O3S. The van der Waals surface area contributed by atoms with Gasteiger partial charge >= 0.3 is 0 Å². The summed E-state index contributed by atoms with van der Waals surface area (Å²) in [6.45, 7) is 3.83. The number of amides is 2. The highest BCUT2D eigenvalue weighted by atomic mass is 35.5. The van der Waals surface area contributed by atoms with E-state index in [4.69, 9.17) is 16.3 Å². The topological polar surface area (TPSA) is 85.2 Å². The van der Waals surface area contributed by atoms with E-state index < -0.39 is 5.60 Å². The number of rotatable bonds is 8. The molecule has 0 radical (unpaired) electrons. The summed E-state index contributed by atoms with van der Waals surface area (Å²) in [6.07, 6.45) is 0. The lowest BCUT2D eigenvalue weighted by Gasteiger charge is -2.25. The minimum absolute atomic E-state index is 0.0125. The highest BCUT2D eigenvalue weighted by Crippen LogP contribution is 2.35. The Morgan fingerprint density at radius 1 is 1.12 bits per heavy atom. The molecule has 7 nitrogen and oxygen atoms in total. The Balaban J connectivity index is 1.46. The van der Waals surface area contributed by atoms with Gasteiger partial charge in [0.15, 0.2) is 5.60 Å². The van der Waals surface area contributed by atoms with Crippen LogP contribution in [0, 0.1) is 0 Å². The van der Waals surface area contributed by atoms with Crippen LogP contribution in [-0.4, -0.2) is 27.2 Å². The van der Waals surface area contributed by atoms with E-state index in [1.807, 2.05) is 30.3 Å². The molecule has 1 aliphatic heterocycles. The van der Waals surface area contributed by atoms with Gasteiger partial charge in [-0.05, 0) is 43.7 Å². The maximum absolute atomic E-state index is 13.1. The average molecular weight is 485 g/mol. The number of benzene rings is 2. The predicted molar refractivity (Wildman–Crippen MR) is 130 cm³/mol. The Bertz CT molecular complexity index is 1150. The van der Waals surface area contributed by atoms with Crippen molar-refractivity contribution in [1.82, 2.24) is 15.1 Å². The van der Waals surface area contributed by atoms with Crippen LogP contribution in [-0.2, 0) is 34.2 Å². The molecule has 0 bridgehead atoms. The molecule has 4 rings (SSSR count). The molecule has 0 atom stereocenters. The number of carbonyl (C=O) groups is 2. The molecule has 0 saturated carbocycles. The first-order valence-corrected chi connectivity index (χ1v) is 12.1. The fourth-order valence-corrected chi connectivity index (χ4v) is 4.57. The molecule has 0 saturated heterocycles. The van der Waals surface area contributed by atoms with Crippen molar-refractivity contribution in [2.75, 3.05) is 5.32 Å². The van der Waals surface area contributed by atoms with Crippen molar-refractivity contribution in [3.63, 3.8) is 0 Å². The lowest BCUT2D eigenvalue weighted by molar-refractivity contribution is -0.128. The quantitative estimate of drug-likeness (QED) is 0.495. The number of carbonyl (C=O) groups excluding carboxylic acids is 2. The number of hydrogen-bond donors (Lipinski definition) is 2. The molecule has 0 fully saturated rings. The summed E-state index contributed by atoms with van der Waals surface area (Å²) in [5.41, 5.74) is 1.70. The number of thioether (sulfide) groups is 1. The minimum atomic E-state index is -1.16. The van der Waals surface area contributed by atoms with Crippen LogP contribution in [0.3, 0.4) is 0 Å². The maximum atomic E-state index is 13.1. The molecule has 3 aromatic rings. The van der Waals surface area contributed by atoms with E-state index >= 15 is 0 Å². The molecule has 2 heterocycles. The Morgan fingerprint density at radius 3 is 2.58 bits per heavy atom. The highest BCUT2D eigenvalue weighted by Gasteiger charge is 2.33. The zero-order valence-electron chi connectivity index (χ0n) is 18.4. The number of hydrogen-bond acceptors (Lipinski definition) is 5. The third-order valence-electron chi connectivity index (χ3n) is 5.21. The van der Waals surface area contributed by atoms with Crippen LogP contribution in [0.25, 0.3) is 0 Å². The van der Waals surface area contributed by atoms with E-state index in [1.165, 1.54) is 0 Å². The Labute approximate surface area is 201 Å². The summed E-state index contributed by atoms with van der Waals surface area (Å²) in [7, 11) is 0. The Morgan fingerprint density at radius 2 is 1.85 bits per heavy atom. The van der Waals surface area contributed by atoms with E-state index in [0.717, 1.165) is 28.3 Å². The summed E-state index contributed by atoms with van der Waals surface area (Å²) < 4.78 is 7.48. The third-order valence-corrected chi connectivity index (χ3v) is 6.43. The van der Waals surface area contributed by atoms with Crippen LogP contribution in [0.2, 0.25) is 5.02 Å². The second-order valence-electron chi connectivity index (χ2n) is 8.21. The van der Waals surface area contributed by atoms with Crippen LogP contribution in [0.15, 0.2) is 54.6 Å². The zero-order chi connectivity index (χ0) is 23.4. The fourth-order valence-electron chi connectivity index (χ4n) is 3.41. The fraction of sp³-hybridized carbons (Fsp3) is 0.292. The van der Waals surface area contributed by atoms with E-state index in [0.29, 0.717) is 23.1 Å². The minimum Gasteiger partial charge on any atom is -0.478 e. The van der Waals surface area contributed by atoms with Crippen LogP contribution < -0.4 is 15.4 Å². The van der Waals surface area contributed by atoms with Crippen LogP contribution in [0.5, 0.6) is 5.75 Å². The first-order valence-electron chi connectivity index (χ1n) is 10.5. The van der Waals surface area contributed by atoms with Gasteiger partial charge in [-0.1, -0.05) is 41.9 Å². The number of halogens is 1. The summed E-state index contributed by atoms with van der Waals surface area (Å²) in [6, 6.07) is 16.5. The number of fused-ring (bicyclic) bond motifs is 1. The van der Waals surface area contributed by atoms with Crippen LogP contribution >= 0.6 is 23.4 Å². The second kappa shape index (κ2) is 9.89. The van der Waals surface area contributed by atoms with Gasteiger partial charge in [0, 0.05) is 28.6 Å². The highest BCUT2D eigenvalue weighted by molar-refractivity contribution is 7.98. The number of aromatic nitrogens is 2. The van der Waals surface area contributed by atoms with Crippen molar-refractivity contribution in [3.8, 4) is 5.75 Å². The van der Waals surface area contributed by atoms with Crippen molar-refractivity contribution >= 4 is 41.0 Å². The normalized spacial score (nSPS) is 12.8. The van der Waals surface area contributed by atoms with Crippen molar-refractivity contribution in [3.05, 3.63) is 76.4 Å². The van der Waals surface area contributed by atoms with Gasteiger partial charge in [-0.3, -0.25) is 9.59 Å². The van der Waals surface area contributed by atoms with Crippen molar-refractivity contribution in [2.45, 2.75) is 44.0 Å². The van der Waals surface area contributed by atoms with Crippen molar-refractivity contribution < 1.29 is 14.3 Å². The molecule has 0 spiro atoms. The largest absolute Gasteiger partial charge is 0.478 e. The van der Waals surface area contributed by atoms with Crippen molar-refractivity contribution in [2.24, 2.45) is 0 Å². The molecule has 2 N–H and O–H groups in total. The first-order chi connectivity index (χ1) is 15.8. The van der Waals surface area contributed by atoms with Gasteiger partial charge in [-0.15, -0.1) is 0 Å². The lowest BCUT2D eigenvalue weighted by Crippen LogP contribution is -2.43. The molecule has 2 aromatic carbocycles. The maximum Gasteiger partial charge on any atom is 0.269 e. The van der Waals surface area contributed by atoms with Gasteiger partial charge in [0.1, 0.15) is 18.1 Å². The summed E-state index contributed by atoms with van der Waals surface area (Å²) in [5, 5.41) is 11.0. The second-order valence-corrected chi connectivity index (χ2v) is 9.63. The number of anilines is 1. The number of nitrogens with zero attached hydrogens (tertiary/aromatic N) is 2. The van der Waals surface area contributed by atoms with E-state index in [1.54, 1.807) is 54.6 Å². The molecule has 1 aliphatic rings. The predicted octanol–water partition coefficient (Wildman–Crippen LogP) is 4.40. The molecule has 0 unspecified atom stereocenters. The molecule has 0 aliphatic carbocycles. The zero-order valence-corrected chi connectivity index (χ0v) is 20.0. The van der Waals surface area contributed by atoms with Gasteiger partial charge in [-0.2, -0.15) is 16.9 Å². The molecule has 172 valence electrons. The van der Waals surface area contributed by atoms with E-state index in [9.17, 15) is 9.59 Å². The summed E-state index contributed by atoms with van der Waals surface area (Å²) >= 11 is 7.66. The van der Waals surface area contributed by atoms with Crippen LogP contribution in [0.1, 0.15) is 30.7 Å². The SMILES string of the molecule is CC(C)(Oc1ccc(Cl)cc1)C(=O)Nc1c2c(nn1CC(=O)NCc1ccccc1)CSC2. The number of ether oxygens (including phenoxy) is 1. The monoisotopic (exact) mass is 484 g/mol. The Kier molecular flexibility index (Phi) is 6.95. The van der Waals surface area contributed by atoms with Crippen LogP contribution in [0.4, 0.5) is 5.82 Å². The number of nitrogens with one attached hydrogen (secondary N) is 2. The molecular weight excluding hydrogens is 460 g/mol. The summed E-state index contributed by atoms with van der Waals surface area (Å²) in [4.78, 5) is 25.7. The smallest absolute Gasteiger partial charge is 0.269 e. The van der Waals surface area contributed by atoms with Gasteiger partial charge in [0.2, 0.25) is 5.91 Å². The van der Waals surface area contributed by atoms with Gasteiger partial charge in [0.25, 0.3) is 5.91 Å². The Hall–Kier alpha value is -2.97. The van der Waals surface area contributed by atoms with Crippen molar-refractivity contribution in [1.29, 1.82) is 0 Å². The third kappa shape index (κ3) is 5.69. The van der Waals surface area contributed by atoms with Gasteiger partial charge < -0.3 is 15.4 Å².